The van der Waals surface area contributed by atoms with Gasteiger partial charge in [-0.3, -0.25) is 9.59 Å². The smallest absolute Gasteiger partial charge is 0.307 e. The molecular weight excluding hydrogens is 430 g/mol. The molecule has 2 rings (SSSR count). The number of carbonyl (C=O) groups is 2. The Kier molecular flexibility index (Phi) is 8.42. The standard InChI is InChI=1S/C20H29NO7S2/c1-3-4-11-21(17-9-12-29(24,25)15-17)19(22)14-28-20(23)10-13-30(26,27)18-7-5-16(2)6-8-18/h5-8,17H,3-4,9-15H2,1-2H3. The van der Waals surface area contributed by atoms with Gasteiger partial charge in [0.15, 0.2) is 26.3 Å². The van der Waals surface area contributed by atoms with Gasteiger partial charge in [0.2, 0.25) is 0 Å². The fraction of sp³-hybridized carbons (Fsp3) is 0.600. The number of hydrogen-bond acceptors (Lipinski definition) is 7. The van der Waals surface area contributed by atoms with Crippen molar-refractivity contribution in [3.8, 4) is 0 Å². The number of amides is 1. The number of hydrogen-bond donors (Lipinski definition) is 0. The fourth-order valence-electron chi connectivity index (χ4n) is 3.24. The van der Waals surface area contributed by atoms with E-state index in [4.69, 9.17) is 4.74 Å². The molecule has 0 saturated carbocycles. The van der Waals surface area contributed by atoms with Crippen molar-refractivity contribution < 1.29 is 31.2 Å². The molecule has 10 heteroatoms. The van der Waals surface area contributed by atoms with Crippen LogP contribution in [0.3, 0.4) is 0 Å². The van der Waals surface area contributed by atoms with Crippen LogP contribution in [-0.4, -0.2) is 70.1 Å². The van der Waals surface area contributed by atoms with Gasteiger partial charge in [-0.2, -0.15) is 0 Å². The highest BCUT2D eigenvalue weighted by molar-refractivity contribution is 7.91. The lowest BCUT2D eigenvalue weighted by Gasteiger charge is -2.28. The third kappa shape index (κ3) is 7.09. The first kappa shape index (κ1) is 24.3. The summed E-state index contributed by atoms with van der Waals surface area (Å²) in [6.45, 7) is 3.68. The van der Waals surface area contributed by atoms with Gasteiger partial charge in [0.25, 0.3) is 5.91 Å². The number of unbranched alkanes of at least 4 members (excludes halogenated alkanes) is 1. The first-order valence-electron chi connectivity index (χ1n) is 9.99. The summed E-state index contributed by atoms with van der Waals surface area (Å²) in [6.07, 6.45) is 1.56. The minimum Gasteiger partial charge on any atom is -0.456 e. The lowest BCUT2D eigenvalue weighted by Crippen LogP contribution is -2.44. The van der Waals surface area contributed by atoms with Crippen LogP contribution in [-0.2, 0) is 34.0 Å². The number of benzene rings is 1. The lowest BCUT2D eigenvalue weighted by molar-refractivity contribution is -0.152. The van der Waals surface area contributed by atoms with Gasteiger partial charge in [-0.1, -0.05) is 31.0 Å². The number of esters is 1. The fourth-order valence-corrected chi connectivity index (χ4v) is 6.19. The molecule has 1 atom stereocenters. The van der Waals surface area contributed by atoms with Crippen LogP contribution >= 0.6 is 0 Å². The van der Waals surface area contributed by atoms with Crippen LogP contribution in [0.1, 0.15) is 38.2 Å². The van der Waals surface area contributed by atoms with Gasteiger partial charge >= 0.3 is 5.97 Å². The van der Waals surface area contributed by atoms with E-state index in [2.05, 4.69) is 0 Å². The summed E-state index contributed by atoms with van der Waals surface area (Å²) in [7, 11) is -6.78. The normalized spacial score (nSPS) is 18.1. The Morgan fingerprint density at radius 3 is 2.43 bits per heavy atom. The average molecular weight is 460 g/mol. The van der Waals surface area contributed by atoms with Gasteiger partial charge in [-0.15, -0.1) is 0 Å². The number of ether oxygens (including phenoxy) is 1. The maximum Gasteiger partial charge on any atom is 0.307 e. The Labute approximate surface area is 178 Å². The van der Waals surface area contributed by atoms with Crippen molar-refractivity contribution >= 4 is 31.6 Å². The van der Waals surface area contributed by atoms with Crippen LogP contribution in [0.25, 0.3) is 0 Å². The SMILES string of the molecule is CCCCN(C(=O)COC(=O)CCS(=O)(=O)c1ccc(C)cc1)C1CCS(=O)(=O)C1. The van der Waals surface area contributed by atoms with Crippen molar-refractivity contribution in [1.29, 1.82) is 0 Å². The Hall–Kier alpha value is -1.94. The van der Waals surface area contributed by atoms with Crippen LogP contribution in [0.15, 0.2) is 29.2 Å². The summed E-state index contributed by atoms with van der Waals surface area (Å²) in [4.78, 5) is 26.1. The predicted octanol–water partition coefficient (Wildman–Crippen LogP) is 1.52. The quantitative estimate of drug-likeness (QED) is 0.487. The van der Waals surface area contributed by atoms with Gasteiger partial charge in [0.1, 0.15) is 0 Å². The third-order valence-corrected chi connectivity index (χ3v) is 8.52. The maximum atomic E-state index is 12.5. The molecule has 1 aliphatic rings. The van der Waals surface area contributed by atoms with E-state index in [0.717, 1.165) is 12.0 Å². The Bertz CT molecular complexity index is 953. The second-order valence-corrected chi connectivity index (χ2v) is 11.9. The first-order valence-corrected chi connectivity index (χ1v) is 13.5. The average Bonchev–Trinajstić information content (AvgIpc) is 3.05. The minimum atomic E-state index is -3.63. The Morgan fingerprint density at radius 1 is 1.20 bits per heavy atom. The zero-order valence-corrected chi connectivity index (χ0v) is 19.0. The molecule has 1 aliphatic heterocycles. The molecule has 1 fully saturated rings. The molecular formula is C20H29NO7S2. The minimum absolute atomic E-state index is 0.0459. The second-order valence-electron chi connectivity index (χ2n) is 7.54. The van der Waals surface area contributed by atoms with Crippen molar-refractivity contribution in [3.05, 3.63) is 29.8 Å². The molecule has 0 bridgehead atoms. The van der Waals surface area contributed by atoms with E-state index in [9.17, 15) is 26.4 Å². The molecule has 0 radical (unpaired) electrons. The van der Waals surface area contributed by atoms with E-state index >= 15 is 0 Å². The van der Waals surface area contributed by atoms with Gasteiger partial charge in [0, 0.05) is 12.6 Å². The van der Waals surface area contributed by atoms with E-state index in [-0.39, 0.29) is 22.8 Å². The van der Waals surface area contributed by atoms with Crippen LogP contribution < -0.4 is 0 Å². The number of sulfone groups is 2. The summed E-state index contributed by atoms with van der Waals surface area (Å²) in [5.74, 6) is -1.69. The van der Waals surface area contributed by atoms with E-state index < -0.39 is 50.0 Å². The highest BCUT2D eigenvalue weighted by Crippen LogP contribution is 2.19. The maximum absolute atomic E-state index is 12.5. The third-order valence-electron chi connectivity index (χ3n) is 5.03. The molecule has 1 saturated heterocycles. The molecule has 0 aromatic heterocycles. The molecule has 8 nitrogen and oxygen atoms in total. The first-order chi connectivity index (χ1) is 14.0. The van der Waals surface area contributed by atoms with Crippen molar-refractivity contribution in [2.24, 2.45) is 0 Å². The molecule has 0 N–H and O–H groups in total. The summed E-state index contributed by atoms with van der Waals surface area (Å²) in [5.41, 5.74) is 0.926. The van der Waals surface area contributed by atoms with E-state index in [1.807, 2.05) is 13.8 Å². The zero-order chi connectivity index (χ0) is 22.4. The lowest BCUT2D eigenvalue weighted by atomic mass is 10.2. The van der Waals surface area contributed by atoms with E-state index in [1.165, 1.54) is 17.0 Å². The van der Waals surface area contributed by atoms with E-state index in [0.29, 0.717) is 19.4 Å². The zero-order valence-electron chi connectivity index (χ0n) is 17.4. The highest BCUT2D eigenvalue weighted by atomic mass is 32.2. The largest absolute Gasteiger partial charge is 0.456 e. The summed E-state index contributed by atoms with van der Waals surface area (Å²) in [6, 6.07) is 5.92. The number of carbonyl (C=O) groups excluding carboxylic acids is 2. The molecule has 0 aliphatic carbocycles. The van der Waals surface area contributed by atoms with Crippen molar-refractivity contribution in [3.63, 3.8) is 0 Å². The molecule has 1 aromatic carbocycles. The van der Waals surface area contributed by atoms with Crippen LogP contribution in [0.2, 0.25) is 0 Å². The molecule has 0 spiro atoms. The topological polar surface area (TPSA) is 115 Å². The van der Waals surface area contributed by atoms with Crippen LogP contribution in [0, 0.1) is 6.92 Å². The van der Waals surface area contributed by atoms with Gasteiger partial charge in [-0.25, -0.2) is 16.8 Å². The molecule has 1 amide bonds. The van der Waals surface area contributed by atoms with Crippen molar-refractivity contribution in [1.82, 2.24) is 4.90 Å². The molecule has 1 aromatic rings. The summed E-state index contributed by atoms with van der Waals surface area (Å²) < 4.78 is 53.1. The Balaban J connectivity index is 1.88. The second kappa shape index (κ2) is 10.4. The highest BCUT2D eigenvalue weighted by Gasteiger charge is 2.34. The van der Waals surface area contributed by atoms with Crippen molar-refractivity contribution in [2.75, 3.05) is 30.4 Å². The summed E-state index contributed by atoms with van der Waals surface area (Å²) in [5, 5.41) is 0. The number of aryl methyl sites for hydroxylation is 1. The van der Waals surface area contributed by atoms with Gasteiger partial charge in [0.05, 0.1) is 28.6 Å². The van der Waals surface area contributed by atoms with Crippen LogP contribution in [0.5, 0.6) is 0 Å². The number of nitrogens with zero attached hydrogens (tertiary/aromatic N) is 1. The molecule has 1 unspecified atom stereocenters. The van der Waals surface area contributed by atoms with Gasteiger partial charge < -0.3 is 9.64 Å². The predicted molar refractivity (Wildman–Crippen MR) is 112 cm³/mol. The molecule has 168 valence electrons. The molecule has 30 heavy (non-hydrogen) atoms. The van der Waals surface area contributed by atoms with Gasteiger partial charge in [-0.05, 0) is 31.9 Å². The monoisotopic (exact) mass is 459 g/mol. The molecule has 1 heterocycles. The summed E-state index contributed by atoms with van der Waals surface area (Å²) >= 11 is 0. The van der Waals surface area contributed by atoms with E-state index in [1.54, 1.807) is 12.1 Å². The Morgan fingerprint density at radius 2 is 1.87 bits per heavy atom. The van der Waals surface area contributed by atoms with Crippen molar-refractivity contribution in [2.45, 2.75) is 50.5 Å². The number of rotatable bonds is 10. The van der Waals surface area contributed by atoms with Crippen LogP contribution in [0.4, 0.5) is 0 Å².